The predicted octanol–water partition coefficient (Wildman–Crippen LogP) is 3.05. The number of allylic oxidation sites excluding steroid dienone is 2. The molecular weight excluding hydrogens is 400 g/mol. The van der Waals surface area contributed by atoms with Crippen LogP contribution in [0.2, 0.25) is 0 Å². The summed E-state index contributed by atoms with van der Waals surface area (Å²) in [5, 5.41) is 11.1. The van der Waals surface area contributed by atoms with Crippen LogP contribution in [0.25, 0.3) is 0 Å². The zero-order valence-electron chi connectivity index (χ0n) is 17.7. The first-order valence-corrected chi connectivity index (χ1v) is 10.3. The molecule has 0 aliphatic heterocycles. The molecule has 9 heteroatoms. The highest BCUT2D eigenvalue weighted by Gasteiger charge is 2.21. The number of carbonyl (C=O) groups is 2. The number of aryl methyl sites for hydroxylation is 1. The van der Waals surface area contributed by atoms with E-state index in [-0.39, 0.29) is 5.78 Å². The molecule has 1 aliphatic rings. The number of aromatic nitrogens is 2. The summed E-state index contributed by atoms with van der Waals surface area (Å²) in [6.07, 6.45) is 8.87. The van der Waals surface area contributed by atoms with Crippen LogP contribution < -0.4 is 11.3 Å². The third-order valence-corrected chi connectivity index (χ3v) is 5.78. The molecule has 0 unspecified atom stereocenters. The van der Waals surface area contributed by atoms with Gasteiger partial charge in [-0.25, -0.2) is 0 Å². The van der Waals surface area contributed by atoms with E-state index < -0.39 is 34.2 Å². The van der Waals surface area contributed by atoms with Gasteiger partial charge in [-0.3, -0.25) is 24.5 Å². The molecule has 0 fully saturated rings. The van der Waals surface area contributed by atoms with Gasteiger partial charge in [0.1, 0.15) is 5.56 Å². The molecule has 0 saturated carbocycles. The average molecular weight is 426 g/mol. The minimum absolute atomic E-state index is 0.366. The van der Waals surface area contributed by atoms with Gasteiger partial charge in [0.05, 0.1) is 17.7 Å². The molecule has 2 N–H and O–H groups in total. The Morgan fingerprint density at radius 1 is 1.19 bits per heavy atom. The fourth-order valence-electron chi connectivity index (χ4n) is 4.07. The van der Waals surface area contributed by atoms with Crippen LogP contribution in [0.3, 0.4) is 0 Å². The Kier molecular flexibility index (Phi) is 6.53. The standard InChI is InChI=1S/C22H26N4O5/c1-14-10-18(15(2)25(14)9-8-16-6-4-3-5-7-16)20(27)13-24-12-17(26(30)31)11-19(21(23)28)22(24)29/h6,10-12H,3-5,7-9,13H2,1-2H3,(H2,23,28). The smallest absolute Gasteiger partial charge is 0.286 e. The largest absolute Gasteiger partial charge is 0.365 e. The van der Waals surface area contributed by atoms with Gasteiger partial charge in [-0.1, -0.05) is 11.6 Å². The number of hydrogen-bond donors (Lipinski definition) is 1. The summed E-state index contributed by atoms with van der Waals surface area (Å²) in [5.74, 6) is -1.45. The van der Waals surface area contributed by atoms with Crippen molar-refractivity contribution in [2.75, 3.05) is 0 Å². The van der Waals surface area contributed by atoms with E-state index in [1.54, 1.807) is 6.07 Å². The summed E-state index contributed by atoms with van der Waals surface area (Å²) >= 11 is 0. The molecule has 3 rings (SSSR count). The van der Waals surface area contributed by atoms with E-state index in [4.69, 9.17) is 5.73 Å². The van der Waals surface area contributed by atoms with Crippen molar-refractivity contribution in [2.24, 2.45) is 5.73 Å². The molecule has 0 aromatic carbocycles. The van der Waals surface area contributed by atoms with Crippen molar-refractivity contribution in [2.45, 2.75) is 59.0 Å². The second-order valence-electron chi connectivity index (χ2n) is 7.88. The van der Waals surface area contributed by atoms with Crippen LogP contribution in [0.1, 0.15) is 64.2 Å². The predicted molar refractivity (Wildman–Crippen MR) is 115 cm³/mol. The Hall–Kier alpha value is -3.49. The van der Waals surface area contributed by atoms with E-state index in [1.165, 1.54) is 18.4 Å². The molecule has 0 radical (unpaired) electrons. The molecule has 0 spiro atoms. The molecule has 2 aromatic heterocycles. The molecule has 31 heavy (non-hydrogen) atoms. The molecule has 2 heterocycles. The second kappa shape index (κ2) is 9.11. The number of rotatable bonds is 8. The molecule has 164 valence electrons. The van der Waals surface area contributed by atoms with E-state index in [0.717, 1.165) is 54.0 Å². The quantitative estimate of drug-likeness (QED) is 0.300. The molecule has 9 nitrogen and oxygen atoms in total. The number of nitrogens with two attached hydrogens (primary N) is 1. The van der Waals surface area contributed by atoms with Gasteiger partial charge >= 0.3 is 0 Å². The third-order valence-electron chi connectivity index (χ3n) is 5.78. The van der Waals surface area contributed by atoms with Gasteiger partial charge in [-0.2, -0.15) is 0 Å². The summed E-state index contributed by atoms with van der Waals surface area (Å²) in [7, 11) is 0. The highest BCUT2D eigenvalue weighted by Crippen LogP contribution is 2.23. The van der Waals surface area contributed by atoms with Crippen molar-refractivity contribution in [3.8, 4) is 0 Å². The molecular formula is C22H26N4O5. The first kappa shape index (κ1) is 22.2. The van der Waals surface area contributed by atoms with Gasteiger partial charge in [-0.05, 0) is 52.0 Å². The molecule has 2 aromatic rings. The lowest BCUT2D eigenvalue weighted by Crippen LogP contribution is -2.31. The highest BCUT2D eigenvalue weighted by molar-refractivity contribution is 5.97. The fourth-order valence-corrected chi connectivity index (χ4v) is 4.07. The number of carbonyl (C=O) groups excluding carboxylic acids is 2. The fraction of sp³-hybridized carbons (Fsp3) is 0.409. The Bertz CT molecular complexity index is 1140. The topological polar surface area (TPSA) is 130 Å². The lowest BCUT2D eigenvalue weighted by Gasteiger charge is -2.15. The normalized spacial score (nSPS) is 13.7. The van der Waals surface area contributed by atoms with Crippen LogP contribution in [0.4, 0.5) is 5.69 Å². The Balaban J connectivity index is 1.86. The SMILES string of the molecule is Cc1cc(C(=O)Cn2cc([N+](=O)[O-])cc(C(N)=O)c2=O)c(C)n1CCC1=CCCCC1. The zero-order valence-corrected chi connectivity index (χ0v) is 17.7. The average Bonchev–Trinajstić information content (AvgIpc) is 3.01. The summed E-state index contributed by atoms with van der Waals surface area (Å²) in [6.45, 7) is 4.11. The van der Waals surface area contributed by atoms with E-state index in [0.29, 0.717) is 5.56 Å². The second-order valence-corrected chi connectivity index (χ2v) is 7.88. The molecule has 0 saturated heterocycles. The van der Waals surface area contributed by atoms with Gasteiger partial charge in [0.2, 0.25) is 0 Å². The molecule has 1 amide bonds. The number of nitro groups is 1. The van der Waals surface area contributed by atoms with E-state index in [1.807, 2.05) is 13.8 Å². The van der Waals surface area contributed by atoms with Gasteiger partial charge in [0.25, 0.3) is 17.2 Å². The third kappa shape index (κ3) is 4.82. The Labute approximate surface area is 179 Å². The van der Waals surface area contributed by atoms with Gasteiger partial charge in [0.15, 0.2) is 5.78 Å². The number of primary amides is 1. The summed E-state index contributed by atoms with van der Waals surface area (Å²) < 4.78 is 2.95. The number of nitrogens with zero attached hydrogens (tertiary/aromatic N) is 3. The molecule has 1 aliphatic carbocycles. The van der Waals surface area contributed by atoms with E-state index in [9.17, 15) is 24.5 Å². The van der Waals surface area contributed by atoms with E-state index in [2.05, 4.69) is 10.6 Å². The molecule has 0 bridgehead atoms. The first-order valence-electron chi connectivity index (χ1n) is 10.3. The monoisotopic (exact) mass is 426 g/mol. The van der Waals surface area contributed by atoms with Crippen LogP contribution in [0, 0.1) is 24.0 Å². The first-order chi connectivity index (χ1) is 14.7. The number of Topliss-reactive ketones (excluding diaryl/α,β-unsaturated/α-hetero) is 1. The van der Waals surface area contributed by atoms with Crippen LogP contribution in [-0.4, -0.2) is 25.7 Å². The van der Waals surface area contributed by atoms with Gasteiger partial charge in [-0.15, -0.1) is 0 Å². The summed E-state index contributed by atoms with van der Waals surface area (Å²) in [6, 6.07) is 2.60. The maximum atomic E-state index is 13.0. The number of ketones is 1. The summed E-state index contributed by atoms with van der Waals surface area (Å²) in [4.78, 5) is 47.3. The van der Waals surface area contributed by atoms with Crippen molar-refractivity contribution < 1.29 is 14.5 Å². The van der Waals surface area contributed by atoms with Crippen LogP contribution >= 0.6 is 0 Å². The highest BCUT2D eigenvalue weighted by atomic mass is 16.6. The van der Waals surface area contributed by atoms with Crippen molar-refractivity contribution in [1.29, 1.82) is 0 Å². The van der Waals surface area contributed by atoms with Crippen LogP contribution in [0.5, 0.6) is 0 Å². The van der Waals surface area contributed by atoms with Gasteiger partial charge in [0, 0.05) is 29.6 Å². The van der Waals surface area contributed by atoms with Crippen molar-refractivity contribution in [1.82, 2.24) is 9.13 Å². The summed E-state index contributed by atoms with van der Waals surface area (Å²) in [5.41, 5.74) is 6.95. The van der Waals surface area contributed by atoms with Crippen LogP contribution in [0.15, 0.2) is 34.8 Å². The lowest BCUT2D eigenvalue weighted by molar-refractivity contribution is -0.385. The van der Waals surface area contributed by atoms with E-state index >= 15 is 0 Å². The minimum Gasteiger partial charge on any atom is -0.365 e. The van der Waals surface area contributed by atoms with Crippen LogP contribution in [-0.2, 0) is 13.1 Å². The Morgan fingerprint density at radius 3 is 2.55 bits per heavy atom. The van der Waals surface area contributed by atoms with Crippen molar-refractivity contribution >= 4 is 17.4 Å². The minimum atomic E-state index is -1.08. The van der Waals surface area contributed by atoms with Crippen molar-refractivity contribution in [3.05, 3.63) is 73.0 Å². The number of amides is 1. The maximum absolute atomic E-state index is 13.0. The molecule has 0 atom stereocenters. The number of pyridine rings is 1. The maximum Gasteiger partial charge on any atom is 0.286 e. The van der Waals surface area contributed by atoms with Gasteiger partial charge < -0.3 is 14.9 Å². The lowest BCUT2D eigenvalue weighted by atomic mass is 9.97. The van der Waals surface area contributed by atoms with Crippen molar-refractivity contribution in [3.63, 3.8) is 0 Å². The Morgan fingerprint density at radius 2 is 1.94 bits per heavy atom. The number of hydrogen-bond acceptors (Lipinski definition) is 5. The zero-order chi connectivity index (χ0) is 22.7.